The van der Waals surface area contributed by atoms with E-state index in [0.717, 1.165) is 21.1 Å². The number of aryl methyl sites for hydroxylation is 1. The lowest BCUT2D eigenvalue weighted by atomic mass is 10.1. The smallest absolute Gasteiger partial charge is 0.256 e. The summed E-state index contributed by atoms with van der Waals surface area (Å²) >= 11 is 1.55. The quantitative estimate of drug-likeness (QED) is 0.698. The molecule has 15 heavy (non-hydrogen) atoms. The molecule has 1 aromatic rings. The molecule has 0 radical (unpaired) electrons. The van der Waals surface area contributed by atoms with Gasteiger partial charge in [-0.1, -0.05) is 0 Å². The SMILES string of the molecule is CN.Cc1sc2c(c1C)C(=O)NCCO2. The van der Waals surface area contributed by atoms with Gasteiger partial charge in [0.15, 0.2) is 5.06 Å². The average molecular weight is 228 g/mol. The highest BCUT2D eigenvalue weighted by atomic mass is 32.1. The van der Waals surface area contributed by atoms with E-state index in [2.05, 4.69) is 11.1 Å². The van der Waals surface area contributed by atoms with E-state index in [4.69, 9.17) is 4.74 Å². The standard InChI is InChI=1S/C9H11NO2S.CH5N/c1-5-6(2)13-9-7(5)8(11)10-3-4-12-9;1-2/h3-4H2,1-2H3,(H,10,11);2H2,1H3. The Morgan fingerprint density at radius 2 is 2.07 bits per heavy atom. The fourth-order valence-corrected chi connectivity index (χ4v) is 2.38. The highest BCUT2D eigenvalue weighted by Crippen LogP contribution is 2.35. The van der Waals surface area contributed by atoms with Crippen LogP contribution in [0.1, 0.15) is 20.8 Å². The Morgan fingerprint density at radius 1 is 1.40 bits per heavy atom. The van der Waals surface area contributed by atoms with Gasteiger partial charge in [-0.15, -0.1) is 11.3 Å². The molecule has 2 rings (SSSR count). The topological polar surface area (TPSA) is 64.4 Å². The number of amides is 1. The predicted molar refractivity (Wildman–Crippen MR) is 61.7 cm³/mol. The van der Waals surface area contributed by atoms with Crippen molar-refractivity contribution in [1.29, 1.82) is 0 Å². The second-order valence-corrected chi connectivity index (χ2v) is 4.24. The Morgan fingerprint density at radius 3 is 2.73 bits per heavy atom. The van der Waals surface area contributed by atoms with Crippen LogP contribution >= 0.6 is 11.3 Å². The van der Waals surface area contributed by atoms with E-state index < -0.39 is 0 Å². The van der Waals surface area contributed by atoms with Crippen LogP contribution < -0.4 is 15.8 Å². The lowest BCUT2D eigenvalue weighted by Crippen LogP contribution is -2.24. The zero-order chi connectivity index (χ0) is 11.4. The molecule has 3 N–H and O–H groups in total. The van der Waals surface area contributed by atoms with Crippen molar-refractivity contribution in [3.8, 4) is 5.06 Å². The van der Waals surface area contributed by atoms with Crippen molar-refractivity contribution < 1.29 is 9.53 Å². The molecule has 2 heterocycles. The summed E-state index contributed by atoms with van der Waals surface area (Å²) in [6.45, 7) is 5.13. The molecule has 1 aliphatic heterocycles. The number of nitrogens with one attached hydrogen (secondary N) is 1. The van der Waals surface area contributed by atoms with Crippen molar-refractivity contribution in [3.63, 3.8) is 0 Å². The molecule has 0 bridgehead atoms. The first-order chi connectivity index (χ1) is 7.20. The van der Waals surface area contributed by atoms with E-state index in [-0.39, 0.29) is 5.91 Å². The van der Waals surface area contributed by atoms with E-state index in [1.54, 1.807) is 11.3 Å². The molecule has 0 saturated carbocycles. The number of thiophene rings is 1. The molecule has 0 aliphatic carbocycles. The summed E-state index contributed by atoms with van der Waals surface area (Å²) in [4.78, 5) is 12.7. The van der Waals surface area contributed by atoms with Crippen molar-refractivity contribution in [2.24, 2.45) is 5.73 Å². The number of rotatable bonds is 0. The number of ether oxygens (including phenoxy) is 1. The molecule has 0 fully saturated rings. The normalized spacial score (nSPS) is 14.0. The highest BCUT2D eigenvalue weighted by Gasteiger charge is 2.22. The first-order valence-corrected chi connectivity index (χ1v) is 5.60. The summed E-state index contributed by atoms with van der Waals surface area (Å²) in [5.41, 5.74) is 6.26. The molecule has 1 amide bonds. The third kappa shape index (κ3) is 2.30. The first-order valence-electron chi connectivity index (χ1n) is 4.79. The molecular formula is C10H16N2O2S. The molecule has 5 heteroatoms. The molecule has 4 nitrogen and oxygen atoms in total. The number of carbonyl (C=O) groups is 1. The minimum atomic E-state index is -0.00523. The maximum Gasteiger partial charge on any atom is 0.256 e. The summed E-state index contributed by atoms with van der Waals surface area (Å²) < 4.78 is 5.46. The van der Waals surface area contributed by atoms with Crippen LogP contribution in [0.15, 0.2) is 0 Å². The van der Waals surface area contributed by atoms with Gasteiger partial charge in [0.25, 0.3) is 5.91 Å². The van der Waals surface area contributed by atoms with Crippen LogP contribution in [-0.2, 0) is 0 Å². The zero-order valence-electron chi connectivity index (χ0n) is 9.22. The van der Waals surface area contributed by atoms with Gasteiger partial charge in [0.05, 0.1) is 12.1 Å². The molecule has 0 atom stereocenters. The summed E-state index contributed by atoms with van der Waals surface area (Å²) in [5.74, 6) is -0.00523. The molecule has 1 aromatic heterocycles. The van der Waals surface area contributed by atoms with Gasteiger partial charge in [-0.05, 0) is 26.5 Å². The molecule has 0 aromatic carbocycles. The fourth-order valence-electron chi connectivity index (χ4n) is 1.36. The van der Waals surface area contributed by atoms with E-state index in [0.29, 0.717) is 13.2 Å². The number of nitrogens with two attached hydrogens (primary N) is 1. The monoisotopic (exact) mass is 228 g/mol. The number of hydrogen-bond acceptors (Lipinski definition) is 4. The number of fused-ring (bicyclic) bond motifs is 1. The van der Waals surface area contributed by atoms with E-state index in [1.165, 1.54) is 7.05 Å². The Balaban J connectivity index is 0.000000531. The molecule has 0 unspecified atom stereocenters. The summed E-state index contributed by atoms with van der Waals surface area (Å²) in [6, 6.07) is 0. The first kappa shape index (κ1) is 12.0. The zero-order valence-corrected chi connectivity index (χ0v) is 10.0. The molecular weight excluding hydrogens is 212 g/mol. The summed E-state index contributed by atoms with van der Waals surface area (Å²) in [7, 11) is 1.50. The third-order valence-corrected chi connectivity index (χ3v) is 3.32. The van der Waals surface area contributed by atoms with E-state index in [1.807, 2.05) is 13.8 Å². The largest absolute Gasteiger partial charge is 0.481 e. The van der Waals surface area contributed by atoms with Crippen LogP contribution in [-0.4, -0.2) is 26.1 Å². The van der Waals surface area contributed by atoms with Crippen LogP contribution in [0.25, 0.3) is 0 Å². The van der Waals surface area contributed by atoms with Crippen molar-refractivity contribution in [3.05, 3.63) is 16.0 Å². The van der Waals surface area contributed by atoms with Gasteiger partial charge in [-0.2, -0.15) is 0 Å². The molecule has 84 valence electrons. The van der Waals surface area contributed by atoms with Crippen LogP contribution in [0, 0.1) is 13.8 Å². The highest BCUT2D eigenvalue weighted by molar-refractivity contribution is 7.14. The van der Waals surface area contributed by atoms with Crippen molar-refractivity contribution in [1.82, 2.24) is 5.32 Å². The summed E-state index contributed by atoms with van der Waals surface area (Å²) in [6.07, 6.45) is 0. The number of hydrogen-bond donors (Lipinski definition) is 2. The van der Waals surface area contributed by atoms with Crippen LogP contribution in [0.2, 0.25) is 0 Å². The maximum absolute atomic E-state index is 11.6. The number of carbonyl (C=O) groups excluding carboxylic acids is 1. The second kappa shape index (κ2) is 5.14. The van der Waals surface area contributed by atoms with Crippen molar-refractivity contribution in [2.45, 2.75) is 13.8 Å². The van der Waals surface area contributed by atoms with Crippen molar-refractivity contribution >= 4 is 17.2 Å². The minimum Gasteiger partial charge on any atom is -0.481 e. The van der Waals surface area contributed by atoms with Gasteiger partial charge in [0.2, 0.25) is 0 Å². The Hall–Kier alpha value is -1.07. The van der Waals surface area contributed by atoms with E-state index in [9.17, 15) is 4.79 Å². The third-order valence-electron chi connectivity index (χ3n) is 2.20. The Bertz CT molecular complexity index is 361. The lowest BCUT2D eigenvalue weighted by Gasteiger charge is -1.98. The van der Waals surface area contributed by atoms with Crippen molar-refractivity contribution in [2.75, 3.05) is 20.2 Å². The van der Waals surface area contributed by atoms with E-state index >= 15 is 0 Å². The predicted octanol–water partition coefficient (Wildman–Crippen LogP) is 1.06. The second-order valence-electron chi connectivity index (χ2n) is 3.05. The van der Waals surface area contributed by atoms with Gasteiger partial charge in [-0.25, -0.2) is 0 Å². The van der Waals surface area contributed by atoms with Gasteiger partial charge >= 0.3 is 0 Å². The Labute approximate surface area is 93.4 Å². The minimum absolute atomic E-state index is 0.00523. The van der Waals surface area contributed by atoms with Gasteiger partial charge in [0, 0.05) is 4.88 Å². The Kier molecular flexibility index (Phi) is 4.11. The summed E-state index contributed by atoms with van der Waals surface area (Å²) in [5, 5.41) is 3.57. The molecule has 1 aliphatic rings. The van der Waals surface area contributed by atoms with Gasteiger partial charge in [-0.3, -0.25) is 4.79 Å². The molecule has 0 saturated heterocycles. The maximum atomic E-state index is 11.6. The molecule has 0 spiro atoms. The van der Waals surface area contributed by atoms with Crippen LogP contribution in [0.3, 0.4) is 0 Å². The van der Waals surface area contributed by atoms with Crippen LogP contribution in [0.5, 0.6) is 5.06 Å². The average Bonchev–Trinajstić information content (AvgIpc) is 2.42. The fraction of sp³-hybridized carbons (Fsp3) is 0.500. The van der Waals surface area contributed by atoms with Crippen LogP contribution in [0.4, 0.5) is 0 Å². The lowest BCUT2D eigenvalue weighted by molar-refractivity contribution is 0.0956. The van der Waals surface area contributed by atoms with Gasteiger partial charge < -0.3 is 15.8 Å². The van der Waals surface area contributed by atoms with Gasteiger partial charge in [0.1, 0.15) is 6.61 Å².